The molecule has 194 valence electrons. The van der Waals surface area contributed by atoms with E-state index >= 15 is 0 Å². The minimum Gasteiger partial charge on any atom is -0.462 e. The van der Waals surface area contributed by atoms with Crippen molar-refractivity contribution in [2.24, 2.45) is 0 Å². The van der Waals surface area contributed by atoms with E-state index in [1.165, 1.54) is 12.1 Å². The van der Waals surface area contributed by atoms with Crippen LogP contribution in [0.15, 0.2) is 88.0 Å². The summed E-state index contributed by atoms with van der Waals surface area (Å²) >= 11 is 9.58. The van der Waals surface area contributed by atoms with Gasteiger partial charge in [0.1, 0.15) is 10.7 Å². The van der Waals surface area contributed by atoms with E-state index in [4.69, 9.17) is 16.3 Å². The second kappa shape index (κ2) is 12.1. The van der Waals surface area contributed by atoms with E-state index in [2.05, 4.69) is 26.6 Å². The summed E-state index contributed by atoms with van der Waals surface area (Å²) in [5, 5.41) is 5.38. The summed E-state index contributed by atoms with van der Waals surface area (Å²) in [6.07, 6.45) is 1.62. The standard InChI is InChI=1S/C28H23BrClN3O5/c1-2-3-15-38-28(37)18-5-4-6-22(16-18)33-26(35)23(30)24(27(33)36)31-20-11-7-17(8-12-20)25(34)32-21-13-9-19(29)10-14-21/h4-14,16,31H,2-3,15H2,1H3,(H,32,34). The molecule has 0 radical (unpaired) electrons. The van der Waals surface area contributed by atoms with E-state index in [1.807, 2.05) is 19.1 Å². The number of anilines is 3. The summed E-state index contributed by atoms with van der Waals surface area (Å²) in [6.45, 7) is 2.27. The van der Waals surface area contributed by atoms with Gasteiger partial charge in [-0.15, -0.1) is 0 Å². The van der Waals surface area contributed by atoms with E-state index < -0.39 is 17.8 Å². The minimum atomic E-state index is -0.721. The zero-order chi connectivity index (χ0) is 27.2. The number of halogens is 2. The summed E-state index contributed by atoms with van der Waals surface area (Å²) < 4.78 is 6.12. The average Bonchev–Trinajstić information content (AvgIpc) is 3.13. The first kappa shape index (κ1) is 27.1. The summed E-state index contributed by atoms with van der Waals surface area (Å²) in [7, 11) is 0. The molecule has 2 N–H and O–H groups in total. The molecule has 0 aromatic heterocycles. The number of esters is 1. The number of benzene rings is 3. The van der Waals surface area contributed by atoms with Crippen molar-refractivity contribution in [2.75, 3.05) is 22.1 Å². The third-order valence-electron chi connectivity index (χ3n) is 5.62. The number of nitrogens with one attached hydrogen (secondary N) is 2. The lowest BCUT2D eigenvalue weighted by Crippen LogP contribution is -2.32. The highest BCUT2D eigenvalue weighted by Crippen LogP contribution is 2.31. The van der Waals surface area contributed by atoms with Gasteiger partial charge in [-0.2, -0.15) is 0 Å². The largest absolute Gasteiger partial charge is 0.462 e. The molecule has 8 nitrogen and oxygen atoms in total. The third-order valence-corrected chi connectivity index (χ3v) is 6.50. The number of carbonyl (C=O) groups is 4. The van der Waals surface area contributed by atoms with Crippen molar-refractivity contribution < 1.29 is 23.9 Å². The van der Waals surface area contributed by atoms with Crippen LogP contribution in [0.1, 0.15) is 40.5 Å². The molecule has 10 heteroatoms. The molecular weight excluding hydrogens is 574 g/mol. The summed E-state index contributed by atoms with van der Waals surface area (Å²) in [5.74, 6) is -2.24. The van der Waals surface area contributed by atoms with Crippen molar-refractivity contribution in [3.63, 3.8) is 0 Å². The number of ether oxygens (including phenoxy) is 1. The second-order valence-electron chi connectivity index (χ2n) is 8.34. The lowest BCUT2D eigenvalue weighted by atomic mass is 10.1. The van der Waals surface area contributed by atoms with Gasteiger partial charge in [-0.25, -0.2) is 9.69 Å². The monoisotopic (exact) mass is 595 g/mol. The number of rotatable bonds is 9. The smallest absolute Gasteiger partial charge is 0.338 e. The molecule has 38 heavy (non-hydrogen) atoms. The molecule has 0 fully saturated rings. The Morgan fingerprint density at radius 1 is 0.921 bits per heavy atom. The molecule has 0 saturated carbocycles. The molecule has 3 aromatic rings. The predicted molar refractivity (Wildman–Crippen MR) is 149 cm³/mol. The van der Waals surface area contributed by atoms with E-state index in [0.717, 1.165) is 22.2 Å². The van der Waals surface area contributed by atoms with Gasteiger partial charge in [0.25, 0.3) is 17.7 Å². The summed E-state index contributed by atoms with van der Waals surface area (Å²) in [4.78, 5) is 51.7. The van der Waals surface area contributed by atoms with Crippen LogP contribution in [0.25, 0.3) is 0 Å². The molecular formula is C28H23BrClN3O5. The number of imide groups is 1. The molecule has 3 aromatic carbocycles. The van der Waals surface area contributed by atoms with Gasteiger partial charge in [0, 0.05) is 21.4 Å². The highest BCUT2D eigenvalue weighted by atomic mass is 79.9. The van der Waals surface area contributed by atoms with Crippen LogP contribution in [0.2, 0.25) is 0 Å². The fourth-order valence-electron chi connectivity index (χ4n) is 3.60. The molecule has 1 aliphatic rings. The molecule has 0 saturated heterocycles. The van der Waals surface area contributed by atoms with Gasteiger partial charge in [-0.3, -0.25) is 14.4 Å². The van der Waals surface area contributed by atoms with Crippen molar-refractivity contribution in [2.45, 2.75) is 19.8 Å². The minimum absolute atomic E-state index is 0.111. The zero-order valence-electron chi connectivity index (χ0n) is 20.3. The summed E-state index contributed by atoms with van der Waals surface area (Å²) in [5.41, 5.74) is 1.80. The van der Waals surface area contributed by atoms with E-state index in [-0.39, 0.29) is 34.5 Å². The molecule has 1 aliphatic heterocycles. The lowest BCUT2D eigenvalue weighted by Gasteiger charge is -2.16. The fourth-order valence-corrected chi connectivity index (χ4v) is 4.07. The molecule has 1 heterocycles. The van der Waals surface area contributed by atoms with Crippen LogP contribution in [-0.2, 0) is 14.3 Å². The van der Waals surface area contributed by atoms with Crippen molar-refractivity contribution in [3.05, 3.63) is 99.1 Å². The first-order valence-electron chi connectivity index (χ1n) is 11.8. The Balaban J connectivity index is 1.45. The Morgan fingerprint density at radius 3 is 2.29 bits per heavy atom. The first-order valence-corrected chi connectivity index (χ1v) is 13.0. The van der Waals surface area contributed by atoms with E-state index in [9.17, 15) is 19.2 Å². The van der Waals surface area contributed by atoms with Crippen LogP contribution in [0, 0.1) is 0 Å². The van der Waals surface area contributed by atoms with Gasteiger partial charge >= 0.3 is 5.97 Å². The Hall–Kier alpha value is -3.95. The maximum absolute atomic E-state index is 13.1. The van der Waals surface area contributed by atoms with Gasteiger partial charge in [-0.1, -0.05) is 46.9 Å². The molecule has 0 unspecified atom stereocenters. The number of hydrogen-bond acceptors (Lipinski definition) is 6. The van der Waals surface area contributed by atoms with Gasteiger partial charge in [-0.05, 0) is 73.2 Å². The van der Waals surface area contributed by atoms with Crippen LogP contribution < -0.4 is 15.5 Å². The third kappa shape index (κ3) is 6.12. The lowest BCUT2D eigenvalue weighted by molar-refractivity contribution is -0.120. The molecule has 3 amide bonds. The number of nitrogens with zero attached hydrogens (tertiary/aromatic N) is 1. The fraction of sp³-hybridized carbons (Fsp3) is 0.143. The molecule has 0 spiro atoms. The molecule has 0 aliphatic carbocycles. The van der Waals surface area contributed by atoms with Gasteiger partial charge in [0.2, 0.25) is 0 Å². The topological polar surface area (TPSA) is 105 Å². The highest BCUT2D eigenvalue weighted by molar-refractivity contribution is 9.10. The van der Waals surface area contributed by atoms with Crippen molar-refractivity contribution in [3.8, 4) is 0 Å². The Labute approximate surface area is 232 Å². The van der Waals surface area contributed by atoms with Crippen LogP contribution in [0.5, 0.6) is 0 Å². The normalized spacial score (nSPS) is 13.1. The van der Waals surface area contributed by atoms with Crippen molar-refractivity contribution in [1.29, 1.82) is 0 Å². The SMILES string of the molecule is CCCCOC(=O)c1cccc(N2C(=O)C(Cl)=C(Nc3ccc(C(=O)Nc4ccc(Br)cc4)cc3)C2=O)c1. The van der Waals surface area contributed by atoms with Gasteiger partial charge in [0.05, 0.1) is 17.9 Å². The van der Waals surface area contributed by atoms with Crippen molar-refractivity contribution >= 4 is 68.3 Å². The predicted octanol–water partition coefficient (Wildman–Crippen LogP) is 6.09. The van der Waals surface area contributed by atoms with Crippen LogP contribution in [-0.4, -0.2) is 30.3 Å². The number of hydrogen-bond donors (Lipinski definition) is 2. The molecule has 4 rings (SSSR count). The van der Waals surface area contributed by atoms with Crippen LogP contribution in [0.4, 0.5) is 17.1 Å². The average molecular weight is 597 g/mol. The van der Waals surface area contributed by atoms with Gasteiger partial charge < -0.3 is 15.4 Å². The van der Waals surface area contributed by atoms with E-state index in [1.54, 1.807) is 48.5 Å². The number of amides is 3. The number of carbonyl (C=O) groups excluding carboxylic acids is 4. The van der Waals surface area contributed by atoms with Crippen molar-refractivity contribution in [1.82, 2.24) is 0 Å². The maximum Gasteiger partial charge on any atom is 0.338 e. The van der Waals surface area contributed by atoms with Crippen LogP contribution >= 0.6 is 27.5 Å². The maximum atomic E-state index is 13.1. The molecule has 0 atom stereocenters. The Bertz CT molecular complexity index is 1420. The second-order valence-corrected chi connectivity index (χ2v) is 9.63. The highest BCUT2D eigenvalue weighted by Gasteiger charge is 2.39. The zero-order valence-corrected chi connectivity index (χ0v) is 22.6. The van der Waals surface area contributed by atoms with Gasteiger partial charge in [0.15, 0.2) is 0 Å². The Morgan fingerprint density at radius 2 is 1.61 bits per heavy atom. The first-order chi connectivity index (χ1) is 18.3. The molecule has 0 bridgehead atoms. The number of unbranched alkanes of at least 4 members (excludes halogenated alkanes) is 1. The summed E-state index contributed by atoms with van der Waals surface area (Å²) in [6, 6.07) is 19.6. The quantitative estimate of drug-likeness (QED) is 0.176. The van der Waals surface area contributed by atoms with E-state index in [0.29, 0.717) is 16.9 Å². The Kier molecular flexibility index (Phi) is 8.60. The van der Waals surface area contributed by atoms with Crippen LogP contribution in [0.3, 0.4) is 0 Å².